The van der Waals surface area contributed by atoms with Gasteiger partial charge in [-0.3, -0.25) is 4.79 Å². The van der Waals surface area contributed by atoms with Gasteiger partial charge in [-0.05, 0) is 29.1 Å². The minimum absolute atomic E-state index is 0.0399. The lowest BCUT2D eigenvalue weighted by molar-refractivity contribution is -0.130. The molecule has 0 bridgehead atoms. The first kappa shape index (κ1) is 13.3. The fourth-order valence-corrected chi connectivity index (χ4v) is 3.18. The zero-order valence-electron chi connectivity index (χ0n) is 10.9. The summed E-state index contributed by atoms with van der Waals surface area (Å²) >= 11 is 7.56. The van der Waals surface area contributed by atoms with Crippen LogP contribution in [-0.2, 0) is 4.79 Å². The van der Waals surface area contributed by atoms with E-state index in [0.29, 0.717) is 5.02 Å². The third-order valence-electron chi connectivity index (χ3n) is 3.29. The van der Waals surface area contributed by atoms with Crippen LogP contribution in [0.25, 0.3) is 0 Å². The molecule has 3 nitrogen and oxygen atoms in total. The molecule has 2 heterocycles. The number of nitrogens with zero attached hydrogens (tertiary/aromatic N) is 2. The summed E-state index contributed by atoms with van der Waals surface area (Å²) in [5.74, 6) is -0.0449. The molecule has 0 spiro atoms. The molecule has 1 aliphatic rings. The maximum atomic E-state index is 11.8. The lowest BCUT2D eigenvalue weighted by Gasteiger charge is -2.20. The first-order valence-electron chi connectivity index (χ1n) is 6.32. The Morgan fingerprint density at radius 3 is 2.70 bits per heavy atom. The molecule has 1 aliphatic heterocycles. The topological polar surface area (TPSA) is 32.7 Å². The van der Waals surface area contributed by atoms with Crippen LogP contribution in [0.4, 0.5) is 0 Å². The number of halogens is 1. The van der Waals surface area contributed by atoms with Crippen LogP contribution in [0.1, 0.15) is 29.8 Å². The van der Waals surface area contributed by atoms with Crippen LogP contribution in [0.2, 0.25) is 5.02 Å². The summed E-state index contributed by atoms with van der Waals surface area (Å²) in [6.07, 6.45) is 0.738. The average Bonchev–Trinajstić information content (AvgIpc) is 3.08. The molecule has 0 fully saturated rings. The van der Waals surface area contributed by atoms with Gasteiger partial charge in [0.2, 0.25) is 5.91 Å². The van der Waals surface area contributed by atoms with E-state index in [0.717, 1.165) is 22.6 Å². The normalized spacial score (nSPS) is 18.2. The van der Waals surface area contributed by atoms with Gasteiger partial charge in [0.05, 0.1) is 16.6 Å². The molecular weight excluding hydrogens is 292 g/mol. The van der Waals surface area contributed by atoms with Crippen molar-refractivity contribution in [2.24, 2.45) is 5.10 Å². The van der Waals surface area contributed by atoms with E-state index in [-0.39, 0.29) is 11.9 Å². The second-order valence-electron chi connectivity index (χ2n) is 4.66. The number of rotatable bonds is 2. The summed E-state index contributed by atoms with van der Waals surface area (Å²) in [6.45, 7) is 1.55. The third-order valence-corrected chi connectivity index (χ3v) is 4.46. The van der Waals surface area contributed by atoms with E-state index in [4.69, 9.17) is 11.6 Å². The van der Waals surface area contributed by atoms with Crippen molar-refractivity contribution in [1.82, 2.24) is 5.01 Å². The molecule has 5 heteroatoms. The van der Waals surface area contributed by atoms with Crippen molar-refractivity contribution in [3.8, 4) is 0 Å². The third kappa shape index (κ3) is 2.49. The first-order valence-corrected chi connectivity index (χ1v) is 7.57. The SMILES string of the molecule is CC(=O)N1N=C(c2cccs2)C[C@@H]1c1ccc(Cl)cc1. The molecule has 0 saturated heterocycles. The van der Waals surface area contributed by atoms with Gasteiger partial charge < -0.3 is 0 Å². The Bertz CT molecular complexity index is 649. The van der Waals surface area contributed by atoms with Crippen LogP contribution >= 0.6 is 22.9 Å². The molecule has 1 aromatic heterocycles. The highest BCUT2D eigenvalue weighted by Crippen LogP contribution is 2.34. The van der Waals surface area contributed by atoms with Gasteiger partial charge in [0.1, 0.15) is 0 Å². The average molecular weight is 305 g/mol. The summed E-state index contributed by atoms with van der Waals surface area (Å²) in [6, 6.07) is 11.6. The van der Waals surface area contributed by atoms with Gasteiger partial charge in [-0.2, -0.15) is 5.10 Å². The number of hydrazone groups is 1. The number of thiophene rings is 1. The summed E-state index contributed by atoms with van der Waals surface area (Å²) in [5.41, 5.74) is 2.02. The van der Waals surface area contributed by atoms with Crippen LogP contribution in [0.3, 0.4) is 0 Å². The fraction of sp³-hybridized carbons (Fsp3) is 0.200. The summed E-state index contributed by atoms with van der Waals surface area (Å²) < 4.78 is 0. The number of carbonyl (C=O) groups is 1. The number of hydrogen-bond donors (Lipinski definition) is 0. The highest BCUT2D eigenvalue weighted by atomic mass is 35.5. The summed E-state index contributed by atoms with van der Waals surface area (Å²) in [5, 5.41) is 8.77. The molecule has 2 aromatic rings. The second kappa shape index (κ2) is 5.38. The van der Waals surface area contributed by atoms with Crippen LogP contribution in [0, 0.1) is 0 Å². The fourth-order valence-electron chi connectivity index (χ4n) is 2.34. The van der Waals surface area contributed by atoms with Gasteiger partial charge in [0.15, 0.2) is 0 Å². The smallest absolute Gasteiger partial charge is 0.240 e. The molecule has 1 amide bonds. The van der Waals surface area contributed by atoms with Gasteiger partial charge in [0.25, 0.3) is 0 Å². The van der Waals surface area contributed by atoms with Gasteiger partial charge in [-0.25, -0.2) is 5.01 Å². The number of amides is 1. The standard InChI is InChI=1S/C15H13ClN2OS/c1-10(19)18-14(11-4-6-12(16)7-5-11)9-13(17-18)15-3-2-8-20-15/h2-8,14H,9H2,1H3/t14-/m1/s1. The van der Waals surface area contributed by atoms with Gasteiger partial charge in [-0.15, -0.1) is 11.3 Å². The van der Waals surface area contributed by atoms with Crippen molar-refractivity contribution in [3.05, 3.63) is 57.2 Å². The van der Waals surface area contributed by atoms with Gasteiger partial charge in [-0.1, -0.05) is 29.8 Å². The molecule has 0 unspecified atom stereocenters. The minimum Gasteiger partial charge on any atom is -0.273 e. The Morgan fingerprint density at radius 1 is 1.35 bits per heavy atom. The molecule has 1 atom stereocenters. The van der Waals surface area contributed by atoms with E-state index >= 15 is 0 Å². The zero-order valence-corrected chi connectivity index (χ0v) is 12.5. The number of carbonyl (C=O) groups excluding carboxylic acids is 1. The molecular formula is C15H13ClN2OS. The van der Waals surface area contributed by atoms with E-state index < -0.39 is 0 Å². The minimum atomic E-state index is -0.0449. The second-order valence-corrected chi connectivity index (χ2v) is 6.04. The maximum Gasteiger partial charge on any atom is 0.240 e. The van der Waals surface area contributed by atoms with Gasteiger partial charge in [0, 0.05) is 18.4 Å². The van der Waals surface area contributed by atoms with E-state index in [9.17, 15) is 4.79 Å². The Morgan fingerprint density at radius 2 is 2.10 bits per heavy atom. The molecule has 0 aliphatic carbocycles. The lowest BCUT2D eigenvalue weighted by Crippen LogP contribution is -2.24. The van der Waals surface area contributed by atoms with Crippen LogP contribution < -0.4 is 0 Å². The largest absolute Gasteiger partial charge is 0.273 e. The van der Waals surface area contributed by atoms with E-state index in [1.165, 1.54) is 0 Å². The molecule has 0 N–H and O–H groups in total. The Labute approximate surface area is 126 Å². The van der Waals surface area contributed by atoms with Crippen molar-refractivity contribution in [1.29, 1.82) is 0 Å². The van der Waals surface area contributed by atoms with Crippen molar-refractivity contribution < 1.29 is 4.79 Å². The van der Waals surface area contributed by atoms with Crippen molar-refractivity contribution in [2.45, 2.75) is 19.4 Å². The van der Waals surface area contributed by atoms with Crippen molar-refractivity contribution in [2.75, 3.05) is 0 Å². The number of hydrogen-bond acceptors (Lipinski definition) is 3. The molecule has 20 heavy (non-hydrogen) atoms. The Hall–Kier alpha value is -1.65. The zero-order chi connectivity index (χ0) is 14.1. The first-order chi connectivity index (χ1) is 9.65. The van der Waals surface area contributed by atoms with Crippen molar-refractivity contribution >= 4 is 34.6 Å². The van der Waals surface area contributed by atoms with Crippen LogP contribution in [0.5, 0.6) is 0 Å². The van der Waals surface area contributed by atoms with E-state index in [1.54, 1.807) is 23.3 Å². The van der Waals surface area contributed by atoms with Gasteiger partial charge >= 0.3 is 0 Å². The van der Waals surface area contributed by atoms with E-state index in [1.807, 2.05) is 41.8 Å². The lowest BCUT2D eigenvalue weighted by atomic mass is 10.0. The maximum absolute atomic E-state index is 11.8. The number of benzene rings is 1. The Balaban J connectivity index is 1.93. The highest BCUT2D eigenvalue weighted by molar-refractivity contribution is 7.12. The van der Waals surface area contributed by atoms with Crippen molar-refractivity contribution in [3.63, 3.8) is 0 Å². The molecule has 1 aromatic carbocycles. The summed E-state index contributed by atoms with van der Waals surface area (Å²) in [7, 11) is 0. The van der Waals surface area contributed by atoms with E-state index in [2.05, 4.69) is 5.10 Å². The Kier molecular flexibility index (Phi) is 3.59. The molecule has 0 radical (unpaired) electrons. The van der Waals surface area contributed by atoms with Crippen LogP contribution in [-0.4, -0.2) is 16.6 Å². The quantitative estimate of drug-likeness (QED) is 0.822. The predicted molar refractivity (Wildman–Crippen MR) is 82.2 cm³/mol. The molecule has 0 saturated carbocycles. The van der Waals surface area contributed by atoms with Crippen LogP contribution in [0.15, 0.2) is 46.9 Å². The predicted octanol–water partition coefficient (Wildman–Crippen LogP) is 4.10. The summed E-state index contributed by atoms with van der Waals surface area (Å²) in [4.78, 5) is 12.9. The molecule has 3 rings (SSSR count). The monoisotopic (exact) mass is 304 g/mol. The molecule has 102 valence electrons. The highest BCUT2D eigenvalue weighted by Gasteiger charge is 2.31.